The summed E-state index contributed by atoms with van der Waals surface area (Å²) in [6, 6.07) is 0. The molecule has 16 heavy (non-hydrogen) atoms. The number of hydrogen-bond donors (Lipinski definition) is 4. The summed E-state index contributed by atoms with van der Waals surface area (Å²) in [5.41, 5.74) is 6.37. The molecule has 1 aromatic rings. The third-order valence-electron chi connectivity index (χ3n) is 2.54. The predicted octanol–water partition coefficient (Wildman–Crippen LogP) is -0.863. The highest BCUT2D eigenvalue weighted by Crippen LogP contribution is 2.51. The Kier molecular flexibility index (Phi) is 2.79. The first-order valence-corrected chi connectivity index (χ1v) is 5.69. The molecule has 0 aromatic carbocycles. The SMILES string of the molecule is CCc1ncnc(N)c1SC1(O)C(O)[C@H]1O. The first kappa shape index (κ1) is 11.6. The van der Waals surface area contributed by atoms with E-state index in [2.05, 4.69) is 9.97 Å². The van der Waals surface area contributed by atoms with Crippen molar-refractivity contribution in [3.05, 3.63) is 12.0 Å². The van der Waals surface area contributed by atoms with Crippen molar-refractivity contribution in [2.24, 2.45) is 0 Å². The molecule has 5 N–H and O–H groups in total. The number of nitrogens with zero attached hydrogens (tertiary/aromatic N) is 2. The molecule has 1 aromatic heterocycles. The van der Waals surface area contributed by atoms with E-state index in [1.807, 2.05) is 6.92 Å². The zero-order valence-electron chi connectivity index (χ0n) is 8.66. The lowest BCUT2D eigenvalue weighted by atomic mass is 10.3. The molecule has 6 nitrogen and oxygen atoms in total. The maximum absolute atomic E-state index is 9.82. The van der Waals surface area contributed by atoms with Gasteiger partial charge in [-0.2, -0.15) is 0 Å². The van der Waals surface area contributed by atoms with Crippen LogP contribution in [0.15, 0.2) is 11.2 Å². The molecule has 3 atom stereocenters. The fraction of sp³-hybridized carbons (Fsp3) is 0.556. The molecule has 7 heteroatoms. The van der Waals surface area contributed by atoms with E-state index in [4.69, 9.17) is 5.73 Å². The summed E-state index contributed by atoms with van der Waals surface area (Å²) >= 11 is 0.911. The third kappa shape index (κ3) is 1.65. The highest BCUT2D eigenvalue weighted by molar-refractivity contribution is 8.01. The van der Waals surface area contributed by atoms with Crippen LogP contribution in [0.5, 0.6) is 0 Å². The van der Waals surface area contributed by atoms with Crippen molar-refractivity contribution in [1.29, 1.82) is 0 Å². The van der Waals surface area contributed by atoms with Crippen molar-refractivity contribution in [2.75, 3.05) is 5.73 Å². The van der Waals surface area contributed by atoms with Gasteiger partial charge in [-0.05, 0) is 6.42 Å². The number of rotatable bonds is 3. The summed E-state index contributed by atoms with van der Waals surface area (Å²) in [5.74, 6) is 0.247. The average Bonchev–Trinajstić information content (AvgIpc) is 2.73. The highest BCUT2D eigenvalue weighted by atomic mass is 32.2. The van der Waals surface area contributed by atoms with Crippen molar-refractivity contribution in [3.8, 4) is 0 Å². The highest BCUT2D eigenvalue weighted by Gasteiger charge is 2.65. The van der Waals surface area contributed by atoms with Crippen molar-refractivity contribution in [2.45, 2.75) is 35.4 Å². The molecule has 1 aliphatic rings. The Morgan fingerprint density at radius 1 is 1.44 bits per heavy atom. The van der Waals surface area contributed by atoms with E-state index in [0.717, 1.165) is 11.8 Å². The zero-order chi connectivity index (χ0) is 11.9. The van der Waals surface area contributed by atoms with E-state index in [1.54, 1.807) is 0 Å². The Bertz CT molecular complexity index is 407. The normalized spacial score (nSPS) is 32.8. The van der Waals surface area contributed by atoms with Crippen LogP contribution in [0, 0.1) is 0 Å². The number of aryl methyl sites for hydroxylation is 1. The minimum absolute atomic E-state index is 0.247. The van der Waals surface area contributed by atoms with Gasteiger partial charge in [-0.1, -0.05) is 18.7 Å². The van der Waals surface area contributed by atoms with Crippen LogP contribution < -0.4 is 5.73 Å². The maximum Gasteiger partial charge on any atom is 0.172 e. The largest absolute Gasteiger partial charge is 0.386 e. The molecule has 1 heterocycles. The number of hydrogen-bond acceptors (Lipinski definition) is 7. The Labute approximate surface area is 96.5 Å². The van der Waals surface area contributed by atoms with Gasteiger partial charge in [0.2, 0.25) is 0 Å². The molecule has 1 aliphatic carbocycles. The molecule has 0 spiro atoms. The Morgan fingerprint density at radius 2 is 2.06 bits per heavy atom. The fourth-order valence-corrected chi connectivity index (χ4v) is 2.62. The summed E-state index contributed by atoms with van der Waals surface area (Å²) in [6.45, 7) is 1.90. The predicted molar refractivity (Wildman–Crippen MR) is 58.6 cm³/mol. The number of nitrogen functional groups attached to an aromatic ring is 1. The molecule has 1 saturated carbocycles. The molecule has 0 saturated heterocycles. The summed E-state index contributed by atoms with van der Waals surface area (Å²) in [5, 5.41) is 28.4. The van der Waals surface area contributed by atoms with Crippen molar-refractivity contribution in [1.82, 2.24) is 9.97 Å². The minimum atomic E-state index is -1.58. The molecule has 0 aliphatic heterocycles. The van der Waals surface area contributed by atoms with Gasteiger partial charge in [-0.25, -0.2) is 9.97 Å². The van der Waals surface area contributed by atoms with Gasteiger partial charge < -0.3 is 21.1 Å². The van der Waals surface area contributed by atoms with E-state index in [-0.39, 0.29) is 5.82 Å². The van der Waals surface area contributed by atoms with Crippen LogP contribution in [0.4, 0.5) is 5.82 Å². The first-order valence-electron chi connectivity index (χ1n) is 4.87. The second kappa shape index (κ2) is 3.85. The number of thioether (sulfide) groups is 1. The van der Waals surface area contributed by atoms with Crippen LogP contribution in [-0.2, 0) is 6.42 Å². The van der Waals surface area contributed by atoms with Gasteiger partial charge in [-0.15, -0.1) is 0 Å². The standard InChI is InChI=1S/C9H13N3O3S/c1-2-4-5(8(10)12-3-11-4)16-9(15)6(13)7(9)14/h3,6-7,13-15H,2H2,1H3,(H2,10,11,12)/t6-,7?,9?/m1/s1. The number of aromatic nitrogens is 2. The zero-order valence-corrected chi connectivity index (χ0v) is 9.48. The second-order valence-electron chi connectivity index (χ2n) is 3.63. The Hall–Kier alpha value is -0.890. The topological polar surface area (TPSA) is 112 Å². The molecule has 1 fully saturated rings. The molecular formula is C9H13N3O3S. The van der Waals surface area contributed by atoms with Crippen LogP contribution in [0.2, 0.25) is 0 Å². The molecule has 2 rings (SSSR count). The monoisotopic (exact) mass is 243 g/mol. The van der Waals surface area contributed by atoms with Gasteiger partial charge in [0.15, 0.2) is 4.93 Å². The second-order valence-corrected chi connectivity index (χ2v) is 4.90. The quantitative estimate of drug-likeness (QED) is 0.511. The van der Waals surface area contributed by atoms with Gasteiger partial charge in [0.1, 0.15) is 24.4 Å². The summed E-state index contributed by atoms with van der Waals surface area (Å²) < 4.78 is 0. The van der Waals surface area contributed by atoms with Crippen LogP contribution in [-0.4, -0.2) is 42.4 Å². The molecule has 0 amide bonds. The number of anilines is 1. The van der Waals surface area contributed by atoms with Crippen LogP contribution in [0.25, 0.3) is 0 Å². The third-order valence-corrected chi connectivity index (χ3v) is 4.00. The lowest BCUT2D eigenvalue weighted by Gasteiger charge is -2.12. The summed E-state index contributed by atoms with van der Waals surface area (Å²) in [6.07, 6.45) is -0.317. The van der Waals surface area contributed by atoms with E-state index in [9.17, 15) is 15.3 Å². The van der Waals surface area contributed by atoms with E-state index in [0.29, 0.717) is 17.0 Å². The fourth-order valence-electron chi connectivity index (χ4n) is 1.39. The lowest BCUT2D eigenvalue weighted by Crippen LogP contribution is -2.12. The van der Waals surface area contributed by atoms with Gasteiger partial charge in [0.25, 0.3) is 0 Å². The van der Waals surface area contributed by atoms with E-state index in [1.165, 1.54) is 6.33 Å². The number of nitrogens with two attached hydrogens (primary N) is 1. The average molecular weight is 243 g/mol. The first-order chi connectivity index (χ1) is 7.50. The molecule has 0 bridgehead atoms. The Morgan fingerprint density at radius 3 is 2.56 bits per heavy atom. The summed E-state index contributed by atoms with van der Waals surface area (Å²) in [4.78, 5) is 6.79. The van der Waals surface area contributed by atoms with Crippen molar-refractivity contribution in [3.63, 3.8) is 0 Å². The molecular weight excluding hydrogens is 230 g/mol. The molecule has 0 radical (unpaired) electrons. The number of aliphatic hydroxyl groups is 3. The smallest absolute Gasteiger partial charge is 0.172 e. The number of aliphatic hydroxyl groups excluding tert-OH is 2. The minimum Gasteiger partial charge on any atom is -0.386 e. The van der Waals surface area contributed by atoms with Crippen molar-refractivity contribution < 1.29 is 15.3 Å². The van der Waals surface area contributed by atoms with Crippen LogP contribution in [0.1, 0.15) is 12.6 Å². The van der Waals surface area contributed by atoms with Crippen molar-refractivity contribution >= 4 is 17.6 Å². The van der Waals surface area contributed by atoms with Gasteiger partial charge in [-0.3, -0.25) is 0 Å². The summed E-state index contributed by atoms with van der Waals surface area (Å²) in [7, 11) is 0. The Balaban J connectivity index is 2.28. The molecule has 2 unspecified atom stereocenters. The van der Waals surface area contributed by atoms with Gasteiger partial charge >= 0.3 is 0 Å². The maximum atomic E-state index is 9.82. The van der Waals surface area contributed by atoms with E-state index >= 15 is 0 Å². The lowest BCUT2D eigenvalue weighted by molar-refractivity contribution is 0.150. The van der Waals surface area contributed by atoms with Gasteiger partial charge in [0.05, 0.1) is 10.6 Å². The van der Waals surface area contributed by atoms with E-state index < -0.39 is 17.1 Å². The van der Waals surface area contributed by atoms with Crippen LogP contribution in [0.3, 0.4) is 0 Å². The van der Waals surface area contributed by atoms with Crippen LogP contribution >= 0.6 is 11.8 Å². The van der Waals surface area contributed by atoms with Gasteiger partial charge in [0, 0.05) is 0 Å². The molecule has 88 valence electrons.